The highest BCUT2D eigenvalue weighted by Crippen LogP contribution is 2.31. The second-order valence-electron chi connectivity index (χ2n) is 4.80. The summed E-state index contributed by atoms with van der Waals surface area (Å²) in [6.07, 6.45) is 1.99. The summed E-state index contributed by atoms with van der Waals surface area (Å²) in [7, 11) is 0. The van der Waals surface area contributed by atoms with Crippen LogP contribution in [-0.4, -0.2) is 47.4 Å². The molecule has 1 aliphatic rings. The predicted octanol–water partition coefficient (Wildman–Crippen LogP) is -0.750. The number of rotatable bonds is 6. The van der Waals surface area contributed by atoms with E-state index in [0.717, 1.165) is 0 Å². The fraction of sp³-hybridized carbons (Fsp3) is 0.818. The molecule has 18 heavy (non-hydrogen) atoms. The third-order valence-electron chi connectivity index (χ3n) is 3.32. The van der Waals surface area contributed by atoms with E-state index in [9.17, 15) is 14.7 Å². The largest absolute Gasteiger partial charge is 0.481 e. The van der Waals surface area contributed by atoms with Crippen LogP contribution in [0, 0.1) is 5.92 Å². The molecule has 104 valence electrons. The van der Waals surface area contributed by atoms with Crippen molar-refractivity contribution in [3.63, 3.8) is 0 Å². The molecule has 7 nitrogen and oxygen atoms in total. The summed E-state index contributed by atoms with van der Waals surface area (Å²) < 4.78 is 0. The van der Waals surface area contributed by atoms with E-state index < -0.39 is 17.6 Å². The Kier molecular flexibility index (Phi) is 5.36. The average Bonchev–Trinajstić information content (AvgIpc) is 2.28. The molecule has 0 saturated heterocycles. The van der Waals surface area contributed by atoms with Crippen LogP contribution in [0.15, 0.2) is 0 Å². The van der Waals surface area contributed by atoms with Crippen LogP contribution in [0.4, 0.5) is 4.79 Å². The molecule has 0 heterocycles. The van der Waals surface area contributed by atoms with Crippen LogP contribution in [0.25, 0.3) is 0 Å². The lowest BCUT2D eigenvalue weighted by Crippen LogP contribution is -2.46. The molecule has 6 N–H and O–H groups in total. The number of carboxylic acids is 1. The minimum atomic E-state index is -0.835. The molecule has 0 unspecified atom stereocenters. The van der Waals surface area contributed by atoms with Gasteiger partial charge in [-0.05, 0) is 25.7 Å². The van der Waals surface area contributed by atoms with Crippen LogP contribution in [0.1, 0.15) is 25.7 Å². The fourth-order valence-electron chi connectivity index (χ4n) is 2.17. The van der Waals surface area contributed by atoms with Gasteiger partial charge in [-0.15, -0.1) is 0 Å². The normalized spacial score (nSPS) is 27.7. The van der Waals surface area contributed by atoms with Crippen molar-refractivity contribution in [2.75, 3.05) is 19.6 Å². The molecule has 0 aromatic carbocycles. The van der Waals surface area contributed by atoms with Gasteiger partial charge in [-0.25, -0.2) is 4.79 Å². The number of hydrogen-bond acceptors (Lipinski definition) is 4. The standard InChI is InChI=1S/C11H21N3O4/c12-10(17)14-6-5-13-7-11(18)3-1-8(2-4-11)9(15)16/h8,13,18H,1-7H2,(H,15,16)(H3,12,14,17). The van der Waals surface area contributed by atoms with E-state index in [2.05, 4.69) is 10.6 Å². The van der Waals surface area contributed by atoms with Gasteiger partial charge in [0.2, 0.25) is 0 Å². The van der Waals surface area contributed by atoms with E-state index >= 15 is 0 Å². The van der Waals surface area contributed by atoms with Gasteiger partial charge in [-0.3, -0.25) is 4.79 Å². The Morgan fingerprint density at radius 3 is 2.39 bits per heavy atom. The molecular weight excluding hydrogens is 238 g/mol. The number of primary amides is 1. The van der Waals surface area contributed by atoms with Gasteiger partial charge >= 0.3 is 12.0 Å². The van der Waals surface area contributed by atoms with Gasteiger partial charge in [0.15, 0.2) is 0 Å². The Bertz CT molecular complexity index is 301. The number of aliphatic hydroxyl groups is 1. The first-order valence-corrected chi connectivity index (χ1v) is 6.12. The summed E-state index contributed by atoms with van der Waals surface area (Å²) in [6, 6.07) is -0.572. The number of nitrogens with two attached hydrogens (primary N) is 1. The van der Waals surface area contributed by atoms with Crippen LogP contribution in [0.5, 0.6) is 0 Å². The maximum atomic E-state index is 10.8. The van der Waals surface area contributed by atoms with Crippen molar-refractivity contribution in [1.29, 1.82) is 0 Å². The maximum Gasteiger partial charge on any atom is 0.312 e. The summed E-state index contributed by atoms with van der Waals surface area (Å²) in [4.78, 5) is 21.2. The van der Waals surface area contributed by atoms with Crippen LogP contribution in [0.3, 0.4) is 0 Å². The monoisotopic (exact) mass is 259 g/mol. The van der Waals surface area contributed by atoms with Crippen molar-refractivity contribution in [3.8, 4) is 0 Å². The molecule has 1 aliphatic carbocycles. The Morgan fingerprint density at radius 2 is 1.89 bits per heavy atom. The Morgan fingerprint density at radius 1 is 1.28 bits per heavy atom. The SMILES string of the molecule is NC(=O)NCCNCC1(O)CCC(C(=O)O)CC1. The summed E-state index contributed by atoms with van der Waals surface area (Å²) in [5.41, 5.74) is 4.07. The number of hydrogen-bond donors (Lipinski definition) is 5. The molecule has 0 spiro atoms. The molecule has 0 aromatic rings. The third kappa shape index (κ3) is 4.89. The first-order chi connectivity index (χ1) is 8.43. The fourth-order valence-corrected chi connectivity index (χ4v) is 2.17. The van der Waals surface area contributed by atoms with Crippen molar-refractivity contribution >= 4 is 12.0 Å². The first-order valence-electron chi connectivity index (χ1n) is 6.12. The average molecular weight is 259 g/mol. The second-order valence-corrected chi connectivity index (χ2v) is 4.80. The van der Waals surface area contributed by atoms with Crippen molar-refractivity contribution < 1.29 is 19.8 Å². The Balaban J connectivity index is 2.18. The summed E-state index contributed by atoms with van der Waals surface area (Å²) >= 11 is 0. The molecule has 7 heteroatoms. The molecule has 2 amide bonds. The molecule has 0 radical (unpaired) electrons. The van der Waals surface area contributed by atoms with Crippen molar-refractivity contribution in [3.05, 3.63) is 0 Å². The quantitative estimate of drug-likeness (QED) is 0.401. The van der Waals surface area contributed by atoms with Crippen molar-refractivity contribution in [2.24, 2.45) is 11.7 Å². The number of nitrogens with one attached hydrogen (secondary N) is 2. The molecule has 1 fully saturated rings. The number of aliphatic carboxylic acids is 1. The van der Waals surface area contributed by atoms with Crippen LogP contribution < -0.4 is 16.4 Å². The van der Waals surface area contributed by atoms with E-state index in [1.807, 2.05) is 0 Å². The summed E-state index contributed by atoms with van der Waals surface area (Å²) in [5.74, 6) is -1.11. The van der Waals surface area contributed by atoms with Crippen LogP contribution >= 0.6 is 0 Å². The summed E-state index contributed by atoms with van der Waals surface area (Å²) in [6.45, 7) is 1.33. The highest BCUT2D eigenvalue weighted by atomic mass is 16.4. The maximum absolute atomic E-state index is 10.8. The minimum Gasteiger partial charge on any atom is -0.481 e. The molecule has 0 aliphatic heterocycles. The molecule has 1 saturated carbocycles. The van der Waals surface area contributed by atoms with Crippen LogP contribution in [0.2, 0.25) is 0 Å². The Hall–Kier alpha value is -1.34. The zero-order chi connectivity index (χ0) is 13.6. The third-order valence-corrected chi connectivity index (χ3v) is 3.32. The zero-order valence-corrected chi connectivity index (χ0v) is 10.3. The van der Waals surface area contributed by atoms with Crippen LogP contribution in [-0.2, 0) is 4.79 Å². The number of carbonyl (C=O) groups is 2. The number of amides is 2. The van der Waals surface area contributed by atoms with Gasteiger partial charge in [0, 0.05) is 19.6 Å². The van der Waals surface area contributed by atoms with E-state index in [1.54, 1.807) is 0 Å². The van der Waals surface area contributed by atoms with Crippen molar-refractivity contribution in [1.82, 2.24) is 10.6 Å². The van der Waals surface area contributed by atoms with Gasteiger partial charge in [0.25, 0.3) is 0 Å². The highest BCUT2D eigenvalue weighted by Gasteiger charge is 2.35. The van der Waals surface area contributed by atoms with Gasteiger partial charge in [0.05, 0.1) is 11.5 Å². The molecule has 1 rings (SSSR count). The molecular formula is C11H21N3O4. The first kappa shape index (κ1) is 14.7. The molecule has 0 aromatic heterocycles. The minimum absolute atomic E-state index is 0.332. The smallest absolute Gasteiger partial charge is 0.312 e. The van der Waals surface area contributed by atoms with E-state index in [-0.39, 0.29) is 5.92 Å². The van der Waals surface area contributed by atoms with E-state index in [1.165, 1.54) is 0 Å². The van der Waals surface area contributed by atoms with Gasteiger partial charge in [-0.1, -0.05) is 0 Å². The highest BCUT2D eigenvalue weighted by molar-refractivity contribution is 5.71. The van der Waals surface area contributed by atoms with Gasteiger partial charge in [0.1, 0.15) is 0 Å². The van der Waals surface area contributed by atoms with E-state index in [4.69, 9.17) is 10.8 Å². The molecule has 0 atom stereocenters. The lowest BCUT2D eigenvalue weighted by molar-refractivity contribution is -0.144. The number of carbonyl (C=O) groups excluding carboxylic acids is 1. The molecule has 0 bridgehead atoms. The summed E-state index contributed by atoms with van der Waals surface area (Å²) in [5, 5.41) is 24.5. The topological polar surface area (TPSA) is 125 Å². The Labute approximate surface area is 106 Å². The lowest BCUT2D eigenvalue weighted by Gasteiger charge is -2.34. The van der Waals surface area contributed by atoms with Gasteiger partial charge in [-0.2, -0.15) is 0 Å². The lowest BCUT2D eigenvalue weighted by atomic mass is 9.79. The number of carboxylic acid groups (broad SMARTS) is 1. The van der Waals surface area contributed by atoms with Crippen molar-refractivity contribution in [2.45, 2.75) is 31.3 Å². The van der Waals surface area contributed by atoms with E-state index in [0.29, 0.717) is 45.3 Å². The second kappa shape index (κ2) is 6.55. The number of urea groups is 1. The zero-order valence-electron chi connectivity index (χ0n) is 10.3. The predicted molar refractivity (Wildman–Crippen MR) is 65.0 cm³/mol. The van der Waals surface area contributed by atoms with Gasteiger partial charge < -0.3 is 26.6 Å².